The van der Waals surface area contributed by atoms with Crippen molar-refractivity contribution in [1.82, 2.24) is 10.2 Å². The maximum Gasteiger partial charge on any atom is 0.222 e. The van der Waals surface area contributed by atoms with E-state index in [1.807, 2.05) is 19.1 Å². The van der Waals surface area contributed by atoms with E-state index < -0.39 is 5.54 Å². The molecule has 2 N–H and O–H groups in total. The summed E-state index contributed by atoms with van der Waals surface area (Å²) in [5.74, 6) is 0.628. The van der Waals surface area contributed by atoms with Crippen LogP contribution in [0.15, 0.2) is 18.2 Å². The van der Waals surface area contributed by atoms with Crippen LogP contribution in [0.2, 0.25) is 0 Å². The van der Waals surface area contributed by atoms with Gasteiger partial charge in [0.1, 0.15) is 5.75 Å². The molecule has 1 aromatic rings. The molecule has 25 heavy (non-hydrogen) atoms. The summed E-state index contributed by atoms with van der Waals surface area (Å²) in [7, 11) is 1.65. The summed E-state index contributed by atoms with van der Waals surface area (Å²) in [5.41, 5.74) is 1.45. The Hall–Kier alpha value is -2.08. The number of carbonyl (C=O) groups is 2. The number of methoxy groups -OCH3 is 1. The second-order valence-electron chi connectivity index (χ2n) is 6.74. The molecule has 1 saturated heterocycles. The minimum absolute atomic E-state index is 0.0898. The van der Waals surface area contributed by atoms with E-state index in [2.05, 4.69) is 11.4 Å². The molecule has 0 bridgehead atoms. The molecule has 1 aliphatic heterocycles. The van der Waals surface area contributed by atoms with Crippen molar-refractivity contribution in [3.8, 4) is 5.75 Å². The Labute approximate surface area is 149 Å². The molecule has 0 radical (unpaired) electrons. The number of aliphatic hydroxyl groups is 1. The lowest BCUT2D eigenvalue weighted by Gasteiger charge is -2.36. The molecule has 1 aliphatic rings. The number of carbonyl (C=O) groups excluding carboxylic acids is 2. The number of amides is 2. The molecule has 0 spiro atoms. The quantitative estimate of drug-likeness (QED) is 0.781. The number of likely N-dealkylation sites (tertiary alicyclic amines) is 1. The van der Waals surface area contributed by atoms with Gasteiger partial charge in [0.05, 0.1) is 25.7 Å². The molecule has 1 aromatic carbocycles. The Balaban J connectivity index is 1.88. The van der Waals surface area contributed by atoms with Gasteiger partial charge in [0.2, 0.25) is 11.8 Å². The summed E-state index contributed by atoms with van der Waals surface area (Å²) in [4.78, 5) is 25.7. The fourth-order valence-electron chi connectivity index (χ4n) is 3.64. The van der Waals surface area contributed by atoms with E-state index in [1.54, 1.807) is 12.0 Å². The van der Waals surface area contributed by atoms with E-state index in [-0.39, 0.29) is 24.8 Å². The zero-order valence-electron chi connectivity index (χ0n) is 15.3. The average molecular weight is 348 g/mol. The van der Waals surface area contributed by atoms with Crippen LogP contribution in [0, 0.1) is 6.92 Å². The Kier molecular flexibility index (Phi) is 6.42. The van der Waals surface area contributed by atoms with Gasteiger partial charge < -0.3 is 20.1 Å². The number of hydrogen-bond acceptors (Lipinski definition) is 4. The Morgan fingerprint density at radius 2 is 2.16 bits per heavy atom. The average Bonchev–Trinajstić information content (AvgIpc) is 2.99. The van der Waals surface area contributed by atoms with Crippen LogP contribution in [0.4, 0.5) is 0 Å². The molecule has 0 saturated carbocycles. The van der Waals surface area contributed by atoms with Crippen LogP contribution < -0.4 is 10.1 Å². The van der Waals surface area contributed by atoms with Gasteiger partial charge in [0.25, 0.3) is 0 Å². The third-order valence-corrected chi connectivity index (χ3v) is 4.96. The molecule has 1 fully saturated rings. The first-order valence-electron chi connectivity index (χ1n) is 8.71. The maximum absolute atomic E-state index is 12.3. The van der Waals surface area contributed by atoms with Crippen LogP contribution in [0.25, 0.3) is 0 Å². The van der Waals surface area contributed by atoms with Crippen molar-refractivity contribution >= 4 is 11.8 Å². The summed E-state index contributed by atoms with van der Waals surface area (Å²) < 4.78 is 5.24. The highest BCUT2D eigenvalue weighted by atomic mass is 16.5. The van der Waals surface area contributed by atoms with Gasteiger partial charge in [-0.3, -0.25) is 9.59 Å². The molecule has 1 heterocycles. The largest absolute Gasteiger partial charge is 0.496 e. The number of rotatable bonds is 7. The standard InChI is InChI=1S/C19H28N2O4/c1-14-11-16(5-6-17(14)25-3)7-9-20-18(24)12-19(13-22)8-4-10-21(19)15(2)23/h5-6,11,22H,4,7-10,12-13H2,1-3H3,(H,20,24)/t19-/m0/s1. The Morgan fingerprint density at radius 3 is 2.76 bits per heavy atom. The molecular weight excluding hydrogens is 320 g/mol. The molecular formula is C19H28N2O4. The minimum atomic E-state index is -0.743. The summed E-state index contributed by atoms with van der Waals surface area (Å²) in [6, 6.07) is 5.97. The lowest BCUT2D eigenvalue weighted by molar-refractivity contribution is -0.137. The van der Waals surface area contributed by atoms with Crippen molar-refractivity contribution in [1.29, 1.82) is 0 Å². The fourth-order valence-corrected chi connectivity index (χ4v) is 3.64. The molecule has 6 heteroatoms. The van der Waals surface area contributed by atoms with Crippen molar-refractivity contribution in [3.63, 3.8) is 0 Å². The van der Waals surface area contributed by atoms with Crippen LogP contribution in [0.5, 0.6) is 5.75 Å². The number of ether oxygens (including phenoxy) is 1. The highest BCUT2D eigenvalue weighted by Crippen LogP contribution is 2.32. The SMILES string of the molecule is COc1ccc(CCNC(=O)C[C@]2(CO)CCCN2C(C)=O)cc1C. The first-order chi connectivity index (χ1) is 11.9. The lowest BCUT2D eigenvalue weighted by atomic mass is 9.92. The molecule has 1 atom stereocenters. The van der Waals surface area contributed by atoms with Crippen LogP contribution in [-0.2, 0) is 16.0 Å². The molecule has 2 rings (SSSR count). The number of nitrogens with zero attached hydrogens (tertiary/aromatic N) is 1. The van der Waals surface area contributed by atoms with Crippen molar-refractivity contribution in [2.24, 2.45) is 0 Å². The molecule has 0 unspecified atom stereocenters. The molecule has 0 aliphatic carbocycles. The minimum Gasteiger partial charge on any atom is -0.496 e. The van der Waals surface area contributed by atoms with Crippen molar-refractivity contribution in [2.45, 2.75) is 45.1 Å². The van der Waals surface area contributed by atoms with Gasteiger partial charge in [0.15, 0.2) is 0 Å². The number of hydrogen-bond donors (Lipinski definition) is 2. The van der Waals surface area contributed by atoms with Crippen LogP contribution in [0.1, 0.15) is 37.3 Å². The topological polar surface area (TPSA) is 78.9 Å². The monoisotopic (exact) mass is 348 g/mol. The fraction of sp³-hybridized carbons (Fsp3) is 0.579. The van der Waals surface area contributed by atoms with Crippen molar-refractivity contribution < 1.29 is 19.4 Å². The second kappa shape index (κ2) is 8.34. The Bertz CT molecular complexity index is 632. The molecule has 2 amide bonds. The highest BCUT2D eigenvalue weighted by molar-refractivity contribution is 5.80. The second-order valence-corrected chi connectivity index (χ2v) is 6.74. The van der Waals surface area contributed by atoms with Gasteiger partial charge in [-0.1, -0.05) is 12.1 Å². The molecule has 0 aromatic heterocycles. The number of aliphatic hydroxyl groups excluding tert-OH is 1. The number of nitrogens with one attached hydrogen (secondary N) is 1. The first kappa shape index (κ1) is 19.2. The van der Waals surface area contributed by atoms with Gasteiger partial charge in [-0.15, -0.1) is 0 Å². The summed E-state index contributed by atoms with van der Waals surface area (Å²) in [6.07, 6.45) is 2.34. The van der Waals surface area contributed by atoms with Crippen LogP contribution in [0.3, 0.4) is 0 Å². The zero-order chi connectivity index (χ0) is 18.4. The van der Waals surface area contributed by atoms with Gasteiger partial charge in [0, 0.05) is 20.0 Å². The van der Waals surface area contributed by atoms with Gasteiger partial charge >= 0.3 is 0 Å². The van der Waals surface area contributed by atoms with Crippen molar-refractivity contribution in [2.75, 3.05) is 26.8 Å². The summed E-state index contributed by atoms with van der Waals surface area (Å²) in [5, 5.41) is 12.7. The summed E-state index contributed by atoms with van der Waals surface area (Å²) >= 11 is 0. The third kappa shape index (κ3) is 4.51. The van der Waals surface area contributed by atoms with Gasteiger partial charge in [-0.2, -0.15) is 0 Å². The molecule has 6 nitrogen and oxygen atoms in total. The summed E-state index contributed by atoms with van der Waals surface area (Å²) in [6.45, 7) is 4.42. The van der Waals surface area contributed by atoms with E-state index in [0.29, 0.717) is 19.5 Å². The number of benzene rings is 1. The predicted octanol–water partition coefficient (Wildman–Crippen LogP) is 1.43. The van der Waals surface area contributed by atoms with Crippen LogP contribution >= 0.6 is 0 Å². The lowest BCUT2D eigenvalue weighted by Crippen LogP contribution is -2.52. The predicted molar refractivity (Wildman–Crippen MR) is 95.5 cm³/mol. The van der Waals surface area contributed by atoms with E-state index in [9.17, 15) is 14.7 Å². The van der Waals surface area contributed by atoms with E-state index >= 15 is 0 Å². The number of aryl methyl sites for hydroxylation is 1. The highest BCUT2D eigenvalue weighted by Gasteiger charge is 2.43. The van der Waals surface area contributed by atoms with Crippen LogP contribution in [-0.4, -0.2) is 54.2 Å². The van der Waals surface area contributed by atoms with Crippen molar-refractivity contribution in [3.05, 3.63) is 29.3 Å². The zero-order valence-corrected chi connectivity index (χ0v) is 15.3. The molecule has 138 valence electrons. The normalized spacial score (nSPS) is 19.8. The van der Waals surface area contributed by atoms with E-state index in [1.165, 1.54) is 6.92 Å². The maximum atomic E-state index is 12.3. The van der Waals surface area contributed by atoms with Gasteiger partial charge in [-0.05, 0) is 43.4 Å². The first-order valence-corrected chi connectivity index (χ1v) is 8.71. The van der Waals surface area contributed by atoms with E-state index in [4.69, 9.17) is 4.74 Å². The third-order valence-electron chi connectivity index (χ3n) is 4.96. The Morgan fingerprint density at radius 1 is 1.40 bits per heavy atom. The van der Waals surface area contributed by atoms with E-state index in [0.717, 1.165) is 29.7 Å². The smallest absolute Gasteiger partial charge is 0.222 e. The van der Waals surface area contributed by atoms with Gasteiger partial charge in [-0.25, -0.2) is 0 Å².